The third kappa shape index (κ3) is 3.17. The average molecular weight is 426 g/mol. The van der Waals surface area contributed by atoms with Crippen molar-refractivity contribution < 1.29 is 14.3 Å². The van der Waals surface area contributed by atoms with E-state index in [1.54, 1.807) is 60.7 Å². The molecule has 0 unspecified atom stereocenters. The van der Waals surface area contributed by atoms with E-state index in [0.29, 0.717) is 22.6 Å². The normalized spacial score (nSPS) is 11.7. The van der Waals surface area contributed by atoms with Crippen molar-refractivity contribution in [2.45, 2.75) is 0 Å². The van der Waals surface area contributed by atoms with E-state index >= 15 is 0 Å². The smallest absolute Gasteiger partial charge is 0.195 e. The number of hydrogen-bond donors (Lipinski definition) is 0. The molecule has 0 saturated heterocycles. The maximum atomic E-state index is 13.3. The van der Waals surface area contributed by atoms with Gasteiger partial charge >= 0.3 is 0 Å². The zero-order valence-corrected chi connectivity index (χ0v) is 17.2. The van der Waals surface area contributed by atoms with Crippen LogP contribution in [-0.4, -0.2) is 11.6 Å². The molecule has 0 bridgehead atoms. The summed E-state index contributed by atoms with van der Waals surface area (Å²) in [6.45, 7) is 0. The van der Waals surface area contributed by atoms with Gasteiger partial charge in [0.15, 0.2) is 11.6 Å². The number of carbonyl (C=O) groups is 2. The van der Waals surface area contributed by atoms with Gasteiger partial charge in [0.05, 0.1) is 16.7 Å². The van der Waals surface area contributed by atoms with E-state index in [0.717, 1.165) is 0 Å². The van der Waals surface area contributed by atoms with E-state index in [4.69, 9.17) is 4.74 Å². The Hall–Kier alpha value is -5.00. The zero-order valence-electron chi connectivity index (χ0n) is 17.2. The minimum atomic E-state index is -0.436. The van der Waals surface area contributed by atoms with Crippen molar-refractivity contribution in [3.05, 3.63) is 118 Å². The minimum Gasteiger partial charge on any atom is -0.457 e. The maximum Gasteiger partial charge on any atom is 0.195 e. The summed E-state index contributed by atoms with van der Waals surface area (Å²) in [5, 5.41) is 19.9. The molecule has 0 aliphatic heterocycles. The van der Waals surface area contributed by atoms with Crippen LogP contribution in [0.3, 0.4) is 0 Å². The molecule has 5 nitrogen and oxygen atoms in total. The summed E-state index contributed by atoms with van der Waals surface area (Å²) < 4.78 is 6.04. The number of ether oxygens (including phenoxy) is 1. The molecule has 0 aromatic heterocycles. The fraction of sp³-hybridized carbons (Fsp3) is 0. The SMILES string of the molecule is N#Cc1c(-c2ccccc2Oc2ccccc2)cc2c(c1C#N)C(=O)c1ccccc1C2=O. The van der Waals surface area contributed by atoms with Crippen LogP contribution in [0.25, 0.3) is 11.1 Å². The predicted octanol–water partition coefficient (Wildman–Crippen LogP) is 5.66. The van der Waals surface area contributed by atoms with Crippen molar-refractivity contribution in [1.82, 2.24) is 0 Å². The Morgan fingerprint density at radius 3 is 1.82 bits per heavy atom. The Morgan fingerprint density at radius 2 is 1.15 bits per heavy atom. The van der Waals surface area contributed by atoms with E-state index in [-0.39, 0.29) is 39.2 Å². The van der Waals surface area contributed by atoms with Crippen molar-refractivity contribution >= 4 is 11.6 Å². The molecule has 0 heterocycles. The lowest BCUT2D eigenvalue weighted by Gasteiger charge is -2.21. The van der Waals surface area contributed by atoms with Crippen molar-refractivity contribution in [2.24, 2.45) is 0 Å². The predicted molar refractivity (Wildman–Crippen MR) is 121 cm³/mol. The van der Waals surface area contributed by atoms with Gasteiger partial charge in [-0.1, -0.05) is 60.7 Å². The van der Waals surface area contributed by atoms with Crippen molar-refractivity contribution in [3.63, 3.8) is 0 Å². The molecule has 5 heteroatoms. The standard InChI is InChI=1S/C28H14N2O3/c29-15-23-21(18-10-6-7-13-25(18)33-17-8-2-1-3-9-17)14-22-26(24(23)16-30)28(32)20-12-5-4-11-19(20)27(22)31/h1-14H. The number of para-hydroxylation sites is 2. The number of rotatable bonds is 3. The van der Waals surface area contributed by atoms with Crippen LogP contribution >= 0.6 is 0 Å². The molecular formula is C28H14N2O3. The van der Waals surface area contributed by atoms with E-state index in [1.807, 2.05) is 24.3 Å². The molecule has 0 fully saturated rings. The third-order valence-corrected chi connectivity index (χ3v) is 5.59. The summed E-state index contributed by atoms with van der Waals surface area (Å²) in [4.78, 5) is 26.5. The molecule has 0 amide bonds. The second-order valence-corrected chi connectivity index (χ2v) is 7.44. The number of nitrogens with zero attached hydrogens (tertiary/aromatic N) is 2. The lowest BCUT2D eigenvalue weighted by atomic mass is 9.78. The number of benzene rings is 4. The fourth-order valence-electron chi connectivity index (χ4n) is 4.09. The quantitative estimate of drug-likeness (QED) is 0.371. The van der Waals surface area contributed by atoms with Gasteiger partial charge in [-0.25, -0.2) is 0 Å². The van der Waals surface area contributed by atoms with Gasteiger partial charge in [-0.3, -0.25) is 9.59 Å². The van der Waals surface area contributed by atoms with Gasteiger partial charge in [0.2, 0.25) is 0 Å². The minimum absolute atomic E-state index is 0.0250. The molecule has 5 rings (SSSR count). The first-order valence-corrected chi connectivity index (χ1v) is 10.2. The number of nitriles is 2. The summed E-state index contributed by atoms with van der Waals surface area (Å²) in [7, 11) is 0. The molecule has 0 spiro atoms. The van der Waals surface area contributed by atoms with Crippen molar-refractivity contribution in [3.8, 4) is 34.8 Å². The van der Waals surface area contributed by atoms with Gasteiger partial charge in [-0.15, -0.1) is 0 Å². The first-order valence-electron chi connectivity index (χ1n) is 10.2. The summed E-state index contributed by atoms with van der Waals surface area (Å²) in [6, 6.07) is 28.3. The maximum absolute atomic E-state index is 13.3. The lowest BCUT2D eigenvalue weighted by Crippen LogP contribution is -2.23. The summed E-state index contributed by atoms with van der Waals surface area (Å²) >= 11 is 0. The Bertz CT molecular complexity index is 1540. The molecule has 33 heavy (non-hydrogen) atoms. The number of hydrogen-bond acceptors (Lipinski definition) is 5. The van der Waals surface area contributed by atoms with Gasteiger partial charge in [0.1, 0.15) is 23.6 Å². The zero-order chi connectivity index (χ0) is 22.9. The molecule has 0 radical (unpaired) electrons. The third-order valence-electron chi connectivity index (χ3n) is 5.59. The summed E-state index contributed by atoms with van der Waals surface area (Å²) in [5.74, 6) is 0.263. The molecule has 0 saturated carbocycles. The van der Waals surface area contributed by atoms with Crippen LogP contribution in [0.1, 0.15) is 43.0 Å². The summed E-state index contributed by atoms with van der Waals surface area (Å²) in [6.07, 6.45) is 0. The van der Waals surface area contributed by atoms with Gasteiger partial charge < -0.3 is 4.74 Å². The Balaban J connectivity index is 1.77. The van der Waals surface area contributed by atoms with E-state index in [1.165, 1.54) is 6.07 Å². The molecule has 0 atom stereocenters. The van der Waals surface area contributed by atoms with E-state index in [9.17, 15) is 20.1 Å². The fourth-order valence-corrected chi connectivity index (χ4v) is 4.09. The Kier molecular flexibility index (Phi) is 4.79. The lowest BCUT2D eigenvalue weighted by molar-refractivity contribution is 0.0979. The largest absolute Gasteiger partial charge is 0.457 e. The molecule has 154 valence electrons. The number of fused-ring (bicyclic) bond motifs is 2. The van der Waals surface area contributed by atoms with Gasteiger partial charge in [0.25, 0.3) is 0 Å². The van der Waals surface area contributed by atoms with Gasteiger partial charge in [0, 0.05) is 27.8 Å². The molecule has 4 aromatic carbocycles. The van der Waals surface area contributed by atoms with Crippen LogP contribution in [0.2, 0.25) is 0 Å². The molecule has 4 aromatic rings. The Morgan fingerprint density at radius 1 is 0.576 bits per heavy atom. The van der Waals surface area contributed by atoms with E-state index < -0.39 is 5.78 Å². The molecule has 0 N–H and O–H groups in total. The second kappa shape index (κ2) is 7.92. The highest BCUT2D eigenvalue weighted by Gasteiger charge is 2.34. The van der Waals surface area contributed by atoms with Crippen molar-refractivity contribution in [1.29, 1.82) is 10.5 Å². The molecular weight excluding hydrogens is 412 g/mol. The first-order chi connectivity index (χ1) is 16.1. The van der Waals surface area contributed by atoms with Gasteiger partial charge in [-0.2, -0.15) is 10.5 Å². The highest BCUT2D eigenvalue weighted by atomic mass is 16.5. The molecule has 1 aliphatic rings. The van der Waals surface area contributed by atoms with Crippen LogP contribution in [0.15, 0.2) is 84.9 Å². The number of carbonyl (C=O) groups excluding carboxylic acids is 2. The van der Waals surface area contributed by atoms with Crippen LogP contribution in [0, 0.1) is 22.7 Å². The van der Waals surface area contributed by atoms with Crippen LogP contribution in [0.4, 0.5) is 0 Å². The van der Waals surface area contributed by atoms with Crippen LogP contribution in [-0.2, 0) is 0 Å². The monoisotopic (exact) mass is 426 g/mol. The van der Waals surface area contributed by atoms with Crippen LogP contribution < -0.4 is 4.74 Å². The molecule has 1 aliphatic carbocycles. The van der Waals surface area contributed by atoms with Gasteiger partial charge in [-0.05, 0) is 24.3 Å². The highest BCUT2D eigenvalue weighted by molar-refractivity contribution is 6.29. The van der Waals surface area contributed by atoms with Crippen LogP contribution in [0.5, 0.6) is 11.5 Å². The Labute approximate surface area is 189 Å². The number of ketones is 2. The van der Waals surface area contributed by atoms with Crippen molar-refractivity contribution in [2.75, 3.05) is 0 Å². The second-order valence-electron chi connectivity index (χ2n) is 7.44. The summed E-state index contributed by atoms with van der Waals surface area (Å²) in [5.41, 5.74) is 1.42. The average Bonchev–Trinajstić information content (AvgIpc) is 2.87. The first kappa shape index (κ1) is 19.9. The highest BCUT2D eigenvalue weighted by Crippen LogP contribution is 2.40. The van der Waals surface area contributed by atoms with E-state index in [2.05, 4.69) is 6.07 Å². The topological polar surface area (TPSA) is 90.9 Å².